The highest BCUT2D eigenvalue weighted by molar-refractivity contribution is 7.25. The highest BCUT2D eigenvalue weighted by atomic mass is 32.1. The SMILES string of the molecule is [2H]c1cc([2H])c2c3c([2H])c([2H])c([2H])c([2H])c3n(-c3c([2H])c([2H])c([2H])c(-c4nc(-c5ccc(-c6cccc(-c7ccccc7)c6)cc5)nc(-c5c([2H])c([2H])c6c(sc7c([2H])c([2H])c([2H])c([2H])c76)c5[2H])n4)c3[2H])c2c1[2H]. The number of aromatic nitrogens is 4. The maximum atomic E-state index is 9.84. The Labute approximate surface area is 353 Å². The molecule has 8 aromatic carbocycles. The fourth-order valence-corrected chi connectivity index (χ4v) is 7.68. The van der Waals surface area contributed by atoms with Gasteiger partial charge in [0.2, 0.25) is 0 Å². The Morgan fingerprint density at radius 1 is 0.393 bits per heavy atom. The maximum Gasteiger partial charge on any atom is 0.164 e. The molecule has 0 aliphatic heterocycles. The third-order valence-electron chi connectivity index (χ3n) is 9.33. The summed E-state index contributed by atoms with van der Waals surface area (Å²) in [6.45, 7) is 0. The van der Waals surface area contributed by atoms with E-state index in [1.807, 2.05) is 66.7 Å². The second-order valence-corrected chi connectivity index (χ2v) is 13.7. The number of fused-ring (bicyclic) bond motifs is 6. The van der Waals surface area contributed by atoms with Gasteiger partial charge >= 0.3 is 0 Å². The summed E-state index contributed by atoms with van der Waals surface area (Å²) in [6, 6.07) is 15.1. The van der Waals surface area contributed by atoms with Crippen molar-refractivity contribution in [2.24, 2.45) is 0 Å². The van der Waals surface area contributed by atoms with Gasteiger partial charge in [0, 0.05) is 53.3 Å². The van der Waals surface area contributed by atoms with Crippen LogP contribution in [0.25, 0.3) is 104 Å². The van der Waals surface area contributed by atoms with E-state index in [9.17, 15) is 8.22 Å². The summed E-state index contributed by atoms with van der Waals surface area (Å²) in [5.41, 5.74) is 1.86. The van der Waals surface area contributed by atoms with E-state index >= 15 is 0 Å². The van der Waals surface area contributed by atoms with Crippen LogP contribution in [0.5, 0.6) is 0 Å². The van der Waals surface area contributed by atoms with E-state index in [-0.39, 0.29) is 53.4 Å². The van der Waals surface area contributed by atoms with Crippen molar-refractivity contribution in [2.75, 3.05) is 0 Å². The van der Waals surface area contributed by atoms with Crippen LogP contribution in [0.3, 0.4) is 0 Å². The average molecular weight is 751 g/mol. The van der Waals surface area contributed by atoms with E-state index in [4.69, 9.17) is 26.4 Å². The maximum absolute atomic E-state index is 9.84. The summed E-state index contributed by atoms with van der Waals surface area (Å²) in [4.78, 5) is 14.1. The van der Waals surface area contributed by atoms with Crippen molar-refractivity contribution in [3.8, 4) is 62.1 Å². The van der Waals surface area contributed by atoms with Crippen LogP contribution in [0.2, 0.25) is 0 Å². The summed E-state index contributed by atoms with van der Waals surface area (Å²) in [5.74, 6) is -1.03. The van der Waals surface area contributed by atoms with Gasteiger partial charge < -0.3 is 4.57 Å². The molecule has 0 fully saturated rings. The minimum absolute atomic E-state index is 0.0231. The Morgan fingerprint density at radius 2 is 1.00 bits per heavy atom. The van der Waals surface area contributed by atoms with Crippen LogP contribution in [0.1, 0.15) is 24.7 Å². The normalized spacial score (nSPS) is 16.1. The van der Waals surface area contributed by atoms with Crippen LogP contribution in [0.15, 0.2) is 194 Å². The zero-order valence-electron chi connectivity index (χ0n) is 46.8. The Hall–Kier alpha value is -7.21. The molecule has 0 spiro atoms. The van der Waals surface area contributed by atoms with Crippen LogP contribution in [-0.2, 0) is 0 Å². The van der Waals surface area contributed by atoms with E-state index in [0.717, 1.165) is 44.2 Å². The zero-order chi connectivity index (χ0) is 52.7. The number of hydrogen-bond donors (Lipinski definition) is 0. The molecule has 0 aliphatic carbocycles. The molecular weight excluding hydrogens is 701 g/mol. The molecule has 0 saturated carbocycles. The molecule has 11 aromatic rings. The molecule has 0 amide bonds. The van der Waals surface area contributed by atoms with Gasteiger partial charge in [0.05, 0.1) is 35.7 Å². The first-order valence-electron chi connectivity index (χ1n) is 26.3. The number of hydrogen-bond acceptors (Lipinski definition) is 4. The van der Waals surface area contributed by atoms with Gasteiger partial charge in [-0.3, -0.25) is 0 Å². The van der Waals surface area contributed by atoms with E-state index in [2.05, 4.69) is 4.98 Å². The molecule has 5 heteroatoms. The van der Waals surface area contributed by atoms with Crippen molar-refractivity contribution < 1.29 is 24.7 Å². The third-order valence-corrected chi connectivity index (χ3v) is 10.4. The second kappa shape index (κ2) is 13.3. The van der Waals surface area contributed by atoms with Crippen LogP contribution in [0.4, 0.5) is 0 Å². The van der Waals surface area contributed by atoms with Crippen molar-refractivity contribution in [3.63, 3.8) is 0 Å². The van der Waals surface area contributed by atoms with Gasteiger partial charge in [-0.25, -0.2) is 15.0 Å². The fraction of sp³-hybridized carbons (Fsp3) is 0. The van der Waals surface area contributed by atoms with Crippen LogP contribution >= 0.6 is 11.3 Å². The molecule has 3 aromatic heterocycles. The number of benzene rings is 8. The molecule has 4 nitrogen and oxygen atoms in total. The molecule has 0 atom stereocenters. The molecule has 0 aliphatic rings. The van der Waals surface area contributed by atoms with Crippen molar-refractivity contribution in [1.29, 1.82) is 0 Å². The Bertz CT molecular complexity index is 4290. The first kappa shape index (κ1) is 18.9. The minimum atomic E-state index is -0.811. The highest BCUT2D eigenvalue weighted by Gasteiger charge is 2.17. The lowest BCUT2D eigenvalue weighted by atomic mass is 9.98. The number of thiophene rings is 1. The quantitative estimate of drug-likeness (QED) is 0.170. The molecule has 0 unspecified atom stereocenters. The topological polar surface area (TPSA) is 43.6 Å². The molecule has 0 saturated heterocycles. The van der Waals surface area contributed by atoms with Crippen molar-refractivity contribution in [2.45, 2.75) is 0 Å². The van der Waals surface area contributed by atoms with E-state index in [0.29, 0.717) is 5.56 Å². The smallest absolute Gasteiger partial charge is 0.164 e. The molecule has 0 bridgehead atoms. The Kier molecular flexibility index (Phi) is 4.48. The van der Waals surface area contributed by atoms with Gasteiger partial charge in [0.15, 0.2) is 17.5 Å². The second-order valence-electron chi connectivity index (χ2n) is 12.7. The van der Waals surface area contributed by atoms with Crippen molar-refractivity contribution in [1.82, 2.24) is 19.5 Å². The largest absolute Gasteiger partial charge is 0.309 e. The number of para-hydroxylation sites is 2. The first-order chi connectivity index (χ1) is 35.2. The van der Waals surface area contributed by atoms with Gasteiger partial charge in [0.1, 0.15) is 0 Å². The number of nitrogens with zero attached hydrogens (tertiary/aromatic N) is 4. The summed E-state index contributed by atoms with van der Waals surface area (Å²) >= 11 is 0.824. The minimum Gasteiger partial charge on any atom is -0.309 e. The van der Waals surface area contributed by atoms with Crippen molar-refractivity contribution in [3.05, 3.63) is 194 Å². The zero-order valence-corrected chi connectivity index (χ0v) is 29.6. The standard InChI is InChI=1S/C51H32N4S/c1-2-12-33(13-3-1)36-14-10-15-37(30-36)34-24-26-35(27-25-34)49-52-50(54-51(53-49)39-28-29-44-43-20-6-9-23-47(43)56-48(44)32-39)38-16-11-17-40(31-38)55-45-21-7-4-18-41(45)42-19-5-8-22-46(42)55/h1-32H/i4D,6D,7D,8D,9D,11D,16D,17D,18D,19D,20D,21D,22D,23D,28D,29D,31D,32D. The van der Waals surface area contributed by atoms with Gasteiger partial charge in [-0.15, -0.1) is 11.3 Å². The fourth-order valence-electron chi connectivity index (χ4n) is 6.71. The lowest BCUT2D eigenvalue weighted by Crippen LogP contribution is -2.01. The Balaban J connectivity index is 1.20. The summed E-state index contributed by atoms with van der Waals surface area (Å²) in [7, 11) is 0. The van der Waals surface area contributed by atoms with E-state index in [1.165, 1.54) is 0 Å². The summed E-state index contributed by atoms with van der Waals surface area (Å²) < 4.78 is 162. The summed E-state index contributed by atoms with van der Waals surface area (Å²) in [6.07, 6.45) is 0. The van der Waals surface area contributed by atoms with Crippen LogP contribution in [-0.4, -0.2) is 19.5 Å². The predicted octanol–water partition coefficient (Wildman–Crippen LogP) is 13.7. The number of rotatable bonds is 6. The van der Waals surface area contributed by atoms with Crippen LogP contribution < -0.4 is 0 Å². The average Bonchev–Trinajstić information content (AvgIpc) is 3.99. The third kappa shape index (κ3) is 5.56. The molecule has 3 heterocycles. The molecule has 11 rings (SSSR count). The monoisotopic (exact) mass is 750 g/mol. The van der Waals surface area contributed by atoms with Gasteiger partial charge in [-0.2, -0.15) is 0 Å². The van der Waals surface area contributed by atoms with Gasteiger partial charge in [-0.1, -0.05) is 151 Å². The van der Waals surface area contributed by atoms with Crippen LogP contribution in [0, 0.1) is 0 Å². The molecular formula is C51H32N4S. The van der Waals surface area contributed by atoms with E-state index in [1.54, 1.807) is 12.1 Å². The molecule has 0 N–H and O–H groups in total. The molecule has 0 radical (unpaired) electrons. The van der Waals surface area contributed by atoms with Gasteiger partial charge in [-0.05, 0) is 64.6 Å². The molecule has 262 valence electrons. The van der Waals surface area contributed by atoms with Crippen molar-refractivity contribution >= 4 is 53.3 Å². The highest BCUT2D eigenvalue weighted by Crippen LogP contribution is 2.37. The van der Waals surface area contributed by atoms with Gasteiger partial charge in [0.25, 0.3) is 0 Å². The predicted molar refractivity (Wildman–Crippen MR) is 234 cm³/mol. The summed E-state index contributed by atoms with van der Waals surface area (Å²) in [5, 5.41) is -0.520. The first-order valence-corrected chi connectivity index (χ1v) is 18.1. The molecule has 56 heavy (non-hydrogen) atoms. The Morgan fingerprint density at radius 3 is 1.80 bits per heavy atom. The lowest BCUT2D eigenvalue weighted by Gasteiger charge is -2.12. The lowest BCUT2D eigenvalue weighted by molar-refractivity contribution is 1.07. The van der Waals surface area contributed by atoms with E-state index < -0.39 is 132 Å².